The molecule has 4 aliphatic rings. The van der Waals surface area contributed by atoms with E-state index in [2.05, 4.69) is 40.1 Å². The van der Waals surface area contributed by atoms with Crippen LogP contribution in [0.25, 0.3) is 11.0 Å². The zero-order valence-corrected chi connectivity index (χ0v) is 15.8. The molecule has 0 spiro atoms. The number of furan rings is 1. The molecular formula is C24H24N2O2. The van der Waals surface area contributed by atoms with E-state index in [0.717, 1.165) is 17.5 Å². The van der Waals surface area contributed by atoms with Crippen molar-refractivity contribution in [1.29, 1.82) is 0 Å². The molecule has 4 nitrogen and oxygen atoms in total. The Kier molecular flexibility index (Phi) is 3.63. The number of likely N-dealkylation sites (tertiary alicyclic amines) is 1. The molecule has 4 heteroatoms. The number of benzene rings is 2. The number of carbonyl (C=O) groups is 1. The third-order valence-electron chi connectivity index (χ3n) is 7.19. The Morgan fingerprint density at radius 1 is 0.929 bits per heavy atom. The van der Waals surface area contributed by atoms with Gasteiger partial charge in [-0.2, -0.15) is 0 Å². The molecule has 3 atom stereocenters. The predicted octanol–water partition coefficient (Wildman–Crippen LogP) is 4.14. The Morgan fingerprint density at radius 2 is 1.68 bits per heavy atom. The lowest BCUT2D eigenvalue weighted by molar-refractivity contribution is -0.00337. The highest BCUT2D eigenvalue weighted by Gasteiger charge is 2.54. The van der Waals surface area contributed by atoms with Crippen molar-refractivity contribution in [2.24, 2.45) is 5.92 Å². The Bertz CT molecular complexity index is 1020. The first-order valence-electron chi connectivity index (χ1n) is 10.4. The van der Waals surface area contributed by atoms with Crippen molar-refractivity contribution in [2.75, 3.05) is 19.6 Å². The van der Waals surface area contributed by atoms with Crippen LogP contribution in [-0.2, 0) is 0 Å². The van der Waals surface area contributed by atoms with E-state index in [9.17, 15) is 4.79 Å². The zero-order valence-electron chi connectivity index (χ0n) is 15.8. The van der Waals surface area contributed by atoms with Gasteiger partial charge in [0.25, 0.3) is 5.91 Å². The maximum atomic E-state index is 13.7. The third kappa shape index (κ3) is 2.31. The summed E-state index contributed by atoms with van der Waals surface area (Å²) in [7, 11) is 0. The zero-order chi connectivity index (χ0) is 18.7. The van der Waals surface area contributed by atoms with Crippen molar-refractivity contribution in [1.82, 2.24) is 9.80 Å². The highest BCUT2D eigenvalue weighted by atomic mass is 16.3. The third-order valence-corrected chi connectivity index (χ3v) is 7.19. The molecule has 2 aromatic carbocycles. The molecule has 0 aliphatic carbocycles. The molecule has 2 bridgehead atoms. The lowest BCUT2D eigenvalue weighted by atomic mass is 9.75. The van der Waals surface area contributed by atoms with E-state index in [1.807, 2.05) is 24.3 Å². The van der Waals surface area contributed by atoms with Crippen molar-refractivity contribution in [2.45, 2.75) is 30.8 Å². The lowest BCUT2D eigenvalue weighted by Gasteiger charge is -2.51. The van der Waals surface area contributed by atoms with Crippen LogP contribution in [0.2, 0.25) is 0 Å². The van der Waals surface area contributed by atoms with Gasteiger partial charge in [0.1, 0.15) is 11.8 Å². The first-order chi connectivity index (χ1) is 13.8. The highest BCUT2D eigenvalue weighted by molar-refractivity contribution is 6.06. The second-order valence-electron chi connectivity index (χ2n) is 8.47. The monoisotopic (exact) mass is 372 g/mol. The number of carbonyl (C=O) groups excluding carboxylic acids is 1. The predicted molar refractivity (Wildman–Crippen MR) is 108 cm³/mol. The highest BCUT2D eigenvalue weighted by Crippen LogP contribution is 2.47. The van der Waals surface area contributed by atoms with Crippen LogP contribution in [0, 0.1) is 5.92 Å². The fourth-order valence-corrected chi connectivity index (χ4v) is 5.95. The number of rotatable bonds is 2. The molecule has 5 heterocycles. The van der Waals surface area contributed by atoms with E-state index >= 15 is 0 Å². The topological polar surface area (TPSA) is 36.7 Å². The van der Waals surface area contributed by atoms with Gasteiger partial charge < -0.3 is 9.32 Å². The normalized spacial score (nSPS) is 31.3. The van der Waals surface area contributed by atoms with Crippen LogP contribution in [0.1, 0.15) is 34.7 Å². The summed E-state index contributed by atoms with van der Waals surface area (Å²) in [6.07, 6.45) is 4.07. The number of amides is 1. The van der Waals surface area contributed by atoms with Gasteiger partial charge in [0.15, 0.2) is 0 Å². The Morgan fingerprint density at radius 3 is 2.50 bits per heavy atom. The summed E-state index contributed by atoms with van der Waals surface area (Å²) in [6, 6.07) is 19.4. The SMILES string of the molecule is O=C(c1coc2ccccc12)N1C[C@H](c2ccccc2)[C@H]2[C@@H]1C1CCN2CC1. The van der Waals surface area contributed by atoms with Crippen molar-refractivity contribution < 1.29 is 9.21 Å². The Labute approximate surface area is 164 Å². The molecule has 1 aromatic heterocycles. The van der Waals surface area contributed by atoms with Gasteiger partial charge in [-0.1, -0.05) is 48.5 Å². The van der Waals surface area contributed by atoms with E-state index < -0.39 is 0 Å². The number of piperidine rings is 3. The molecule has 0 N–H and O–H groups in total. The average molecular weight is 372 g/mol. The summed E-state index contributed by atoms with van der Waals surface area (Å²) in [6.45, 7) is 3.14. The van der Waals surface area contributed by atoms with Crippen LogP contribution < -0.4 is 0 Å². The molecule has 142 valence electrons. The molecule has 0 saturated carbocycles. The fraction of sp³-hybridized carbons (Fsp3) is 0.375. The number of hydrogen-bond acceptors (Lipinski definition) is 3. The summed E-state index contributed by atoms with van der Waals surface area (Å²) < 4.78 is 5.68. The molecule has 4 saturated heterocycles. The van der Waals surface area contributed by atoms with Crippen LogP contribution in [0.3, 0.4) is 0 Å². The summed E-state index contributed by atoms with van der Waals surface area (Å²) in [5, 5.41) is 0.925. The number of fused-ring (bicyclic) bond motifs is 3. The quantitative estimate of drug-likeness (QED) is 0.679. The van der Waals surface area contributed by atoms with Gasteiger partial charge in [-0.3, -0.25) is 9.69 Å². The van der Waals surface area contributed by atoms with Gasteiger partial charge in [0.2, 0.25) is 0 Å². The first-order valence-corrected chi connectivity index (χ1v) is 10.4. The van der Waals surface area contributed by atoms with Gasteiger partial charge in [-0.25, -0.2) is 0 Å². The van der Waals surface area contributed by atoms with Gasteiger partial charge in [0, 0.05) is 23.9 Å². The van der Waals surface area contributed by atoms with Gasteiger partial charge in [-0.15, -0.1) is 0 Å². The van der Waals surface area contributed by atoms with Crippen molar-refractivity contribution in [3.05, 3.63) is 72.0 Å². The molecule has 4 aliphatic heterocycles. The van der Waals surface area contributed by atoms with E-state index in [-0.39, 0.29) is 5.91 Å². The first kappa shape index (κ1) is 16.4. The smallest absolute Gasteiger partial charge is 0.258 e. The maximum absolute atomic E-state index is 13.7. The number of para-hydroxylation sites is 1. The van der Waals surface area contributed by atoms with Crippen molar-refractivity contribution in [3.8, 4) is 0 Å². The second kappa shape index (κ2) is 6.21. The number of nitrogens with zero attached hydrogens (tertiary/aromatic N) is 2. The molecule has 7 rings (SSSR count). The van der Waals surface area contributed by atoms with Crippen LogP contribution >= 0.6 is 0 Å². The molecule has 3 aromatic rings. The van der Waals surface area contributed by atoms with Crippen LogP contribution in [-0.4, -0.2) is 47.4 Å². The second-order valence-corrected chi connectivity index (χ2v) is 8.47. The summed E-state index contributed by atoms with van der Waals surface area (Å²) >= 11 is 0. The standard InChI is InChI=1S/C24H24N2O2/c27-24(20-15-28-21-9-5-4-8-18(20)21)26-14-19(16-6-2-1-3-7-16)23-22(26)17-10-12-25(23)13-11-17/h1-9,15,17,19,22-23H,10-14H2/t19-,22+,23+/m1/s1. The van der Waals surface area contributed by atoms with E-state index in [1.165, 1.54) is 31.5 Å². The number of hydrogen-bond donors (Lipinski definition) is 0. The van der Waals surface area contributed by atoms with Gasteiger partial charge in [-0.05, 0) is 43.5 Å². The summed E-state index contributed by atoms with van der Waals surface area (Å²) in [5.41, 5.74) is 2.85. The fourth-order valence-electron chi connectivity index (χ4n) is 5.95. The van der Waals surface area contributed by atoms with Crippen molar-refractivity contribution in [3.63, 3.8) is 0 Å². The van der Waals surface area contributed by atoms with Gasteiger partial charge in [0.05, 0.1) is 11.6 Å². The molecule has 4 fully saturated rings. The van der Waals surface area contributed by atoms with Crippen molar-refractivity contribution >= 4 is 16.9 Å². The minimum Gasteiger partial charge on any atom is -0.463 e. The molecule has 0 unspecified atom stereocenters. The molecule has 0 radical (unpaired) electrons. The van der Waals surface area contributed by atoms with Crippen LogP contribution in [0.5, 0.6) is 0 Å². The van der Waals surface area contributed by atoms with E-state index in [4.69, 9.17) is 4.42 Å². The summed E-state index contributed by atoms with van der Waals surface area (Å²) in [5.74, 6) is 1.13. The van der Waals surface area contributed by atoms with Crippen LogP contribution in [0.15, 0.2) is 65.3 Å². The van der Waals surface area contributed by atoms with E-state index in [0.29, 0.717) is 29.5 Å². The molecular weight excluding hydrogens is 348 g/mol. The molecule has 1 amide bonds. The largest absolute Gasteiger partial charge is 0.463 e. The maximum Gasteiger partial charge on any atom is 0.258 e. The average Bonchev–Trinajstić information content (AvgIpc) is 3.38. The Hall–Kier alpha value is -2.59. The lowest BCUT2D eigenvalue weighted by Crippen LogP contribution is -2.60. The minimum atomic E-state index is 0.132. The van der Waals surface area contributed by atoms with Gasteiger partial charge >= 0.3 is 0 Å². The van der Waals surface area contributed by atoms with Crippen LogP contribution in [0.4, 0.5) is 0 Å². The Balaban J connectivity index is 1.42. The summed E-state index contributed by atoms with van der Waals surface area (Å²) in [4.78, 5) is 18.5. The van der Waals surface area contributed by atoms with E-state index in [1.54, 1.807) is 6.26 Å². The minimum absolute atomic E-state index is 0.132. The molecule has 28 heavy (non-hydrogen) atoms.